The minimum atomic E-state index is -0.195. The minimum absolute atomic E-state index is 0.109. The molecule has 0 aliphatic heterocycles. The lowest BCUT2D eigenvalue weighted by atomic mass is 9.99. The van der Waals surface area contributed by atoms with Crippen LogP contribution in [0.25, 0.3) is 16.6 Å². The summed E-state index contributed by atoms with van der Waals surface area (Å²) in [7, 11) is 0. The molecule has 176 valence electrons. The number of aromatic nitrogens is 3. The molecule has 0 N–H and O–H groups in total. The molecule has 0 aliphatic carbocycles. The molecule has 4 rings (SSSR count). The highest BCUT2D eigenvalue weighted by Gasteiger charge is 2.13. The van der Waals surface area contributed by atoms with Crippen LogP contribution in [0.2, 0.25) is 0 Å². The number of rotatable bonds is 5. The second-order valence-corrected chi connectivity index (χ2v) is 10.6. The predicted molar refractivity (Wildman–Crippen MR) is 142 cm³/mol. The molecule has 2 heterocycles. The van der Waals surface area contributed by atoms with Crippen molar-refractivity contribution in [2.45, 2.75) is 41.5 Å². The van der Waals surface area contributed by atoms with E-state index < -0.39 is 0 Å². The molecule has 0 bridgehead atoms. The van der Waals surface area contributed by atoms with E-state index in [2.05, 4.69) is 76.5 Å². The quantitative estimate of drug-likeness (QED) is 0.295. The second-order valence-electron chi connectivity index (χ2n) is 9.69. The van der Waals surface area contributed by atoms with Crippen molar-refractivity contribution < 1.29 is 4.74 Å². The van der Waals surface area contributed by atoms with Crippen LogP contribution < -0.4 is 10.3 Å². The van der Waals surface area contributed by atoms with Gasteiger partial charge in [0.2, 0.25) is 0 Å². The van der Waals surface area contributed by atoms with E-state index in [-0.39, 0.29) is 11.0 Å². The summed E-state index contributed by atoms with van der Waals surface area (Å²) in [6, 6.07) is 15.6. The van der Waals surface area contributed by atoms with Gasteiger partial charge in [0.1, 0.15) is 11.6 Å². The fraction of sp³-hybridized carbons (Fsp3) is 0.296. The number of benzene rings is 2. The summed E-state index contributed by atoms with van der Waals surface area (Å²) < 4.78 is 10.2. The number of aryl methyl sites for hydroxylation is 2. The van der Waals surface area contributed by atoms with Gasteiger partial charge in [0.05, 0.1) is 23.7 Å². The molecular formula is C27H29BrN4O2. The maximum atomic E-state index is 13.0. The highest BCUT2D eigenvalue weighted by molar-refractivity contribution is 9.10. The topological polar surface area (TPSA) is 61.4 Å². The van der Waals surface area contributed by atoms with Crippen LogP contribution in [0.3, 0.4) is 0 Å². The number of halogens is 1. The largest absolute Gasteiger partial charge is 0.493 e. The summed E-state index contributed by atoms with van der Waals surface area (Å²) in [4.78, 5) is 17.6. The molecule has 2 aromatic carbocycles. The van der Waals surface area contributed by atoms with Crippen molar-refractivity contribution in [1.29, 1.82) is 0 Å². The van der Waals surface area contributed by atoms with Crippen LogP contribution in [0, 0.1) is 26.2 Å². The van der Waals surface area contributed by atoms with Gasteiger partial charge in [-0.05, 0) is 74.7 Å². The van der Waals surface area contributed by atoms with Gasteiger partial charge in [0.15, 0.2) is 0 Å². The van der Waals surface area contributed by atoms with Gasteiger partial charge in [0.25, 0.3) is 5.56 Å². The molecular weight excluding hydrogens is 492 g/mol. The molecule has 7 heteroatoms. The fourth-order valence-electron chi connectivity index (χ4n) is 3.82. The van der Waals surface area contributed by atoms with Crippen LogP contribution in [0.1, 0.15) is 43.5 Å². The molecule has 0 amide bonds. The first kappa shape index (κ1) is 24.0. The van der Waals surface area contributed by atoms with Gasteiger partial charge < -0.3 is 9.30 Å². The van der Waals surface area contributed by atoms with Crippen molar-refractivity contribution in [3.05, 3.63) is 86.1 Å². The highest BCUT2D eigenvalue weighted by Crippen LogP contribution is 2.24. The van der Waals surface area contributed by atoms with Crippen LogP contribution in [0.5, 0.6) is 5.75 Å². The van der Waals surface area contributed by atoms with E-state index in [9.17, 15) is 4.79 Å². The Morgan fingerprint density at radius 1 is 1.06 bits per heavy atom. The van der Waals surface area contributed by atoms with E-state index in [0.29, 0.717) is 23.3 Å². The first-order chi connectivity index (χ1) is 16.0. The molecule has 0 spiro atoms. The van der Waals surface area contributed by atoms with Gasteiger partial charge in [-0.3, -0.25) is 4.79 Å². The third kappa shape index (κ3) is 4.99. The van der Waals surface area contributed by atoms with E-state index in [1.165, 1.54) is 4.68 Å². The number of ether oxygens (including phenoxy) is 1. The summed E-state index contributed by atoms with van der Waals surface area (Å²) in [6.07, 6.45) is 1.72. The van der Waals surface area contributed by atoms with Gasteiger partial charge in [-0.15, -0.1) is 0 Å². The predicted octanol–water partition coefficient (Wildman–Crippen LogP) is 6.18. The van der Waals surface area contributed by atoms with Gasteiger partial charge in [-0.1, -0.05) is 36.7 Å². The Bertz CT molecular complexity index is 1440. The zero-order valence-corrected chi connectivity index (χ0v) is 22.0. The Morgan fingerprint density at radius 3 is 2.44 bits per heavy atom. The van der Waals surface area contributed by atoms with Gasteiger partial charge in [-0.25, -0.2) is 4.98 Å². The summed E-state index contributed by atoms with van der Waals surface area (Å²) in [5, 5.41) is 5.02. The molecule has 0 fully saturated rings. The van der Waals surface area contributed by atoms with Gasteiger partial charge in [0, 0.05) is 27.1 Å². The minimum Gasteiger partial charge on any atom is -0.493 e. The molecule has 0 radical (unpaired) electrons. The Hall–Kier alpha value is -3.19. The Balaban J connectivity index is 1.64. The van der Waals surface area contributed by atoms with Crippen LogP contribution in [-0.2, 0) is 0 Å². The van der Waals surface area contributed by atoms with Crippen molar-refractivity contribution in [3.63, 3.8) is 0 Å². The van der Waals surface area contributed by atoms with E-state index in [4.69, 9.17) is 4.74 Å². The standard InChI is InChI=1S/C27H29BrN4O2/c1-17-13-20(15-29-32-19(3)30-25-12-7-21(28)14-24(25)26(32)33)18(2)31(17)22-8-10-23(11-9-22)34-16-27(4,5)6/h7-15H,16H2,1-6H3. The normalized spacial score (nSPS) is 12.1. The average Bonchev–Trinajstić information content (AvgIpc) is 3.05. The summed E-state index contributed by atoms with van der Waals surface area (Å²) in [5.74, 6) is 1.39. The summed E-state index contributed by atoms with van der Waals surface area (Å²) in [5.41, 5.74) is 4.66. The molecule has 0 saturated heterocycles. The van der Waals surface area contributed by atoms with E-state index in [0.717, 1.165) is 32.9 Å². The van der Waals surface area contributed by atoms with Crippen LogP contribution >= 0.6 is 15.9 Å². The third-order valence-corrected chi connectivity index (χ3v) is 6.01. The Morgan fingerprint density at radius 2 is 1.76 bits per heavy atom. The first-order valence-electron chi connectivity index (χ1n) is 11.2. The molecule has 34 heavy (non-hydrogen) atoms. The third-order valence-electron chi connectivity index (χ3n) is 5.52. The Labute approximate surface area is 208 Å². The maximum Gasteiger partial charge on any atom is 0.282 e. The van der Waals surface area contributed by atoms with Crippen molar-refractivity contribution in [1.82, 2.24) is 14.2 Å². The van der Waals surface area contributed by atoms with Crippen molar-refractivity contribution in [2.75, 3.05) is 6.61 Å². The van der Waals surface area contributed by atoms with E-state index in [1.54, 1.807) is 19.2 Å². The van der Waals surface area contributed by atoms with Crippen molar-refractivity contribution >= 4 is 33.0 Å². The lowest BCUT2D eigenvalue weighted by Crippen LogP contribution is -2.20. The highest BCUT2D eigenvalue weighted by atomic mass is 79.9. The number of fused-ring (bicyclic) bond motifs is 1. The van der Waals surface area contributed by atoms with E-state index >= 15 is 0 Å². The monoisotopic (exact) mass is 520 g/mol. The van der Waals surface area contributed by atoms with Crippen molar-refractivity contribution in [2.24, 2.45) is 10.5 Å². The first-order valence-corrected chi connectivity index (χ1v) is 12.0. The SMILES string of the molecule is Cc1cc(C=Nn2c(C)nc3ccc(Br)cc3c2=O)c(C)n1-c1ccc(OCC(C)(C)C)cc1. The molecule has 0 aliphatic rings. The zero-order valence-electron chi connectivity index (χ0n) is 20.4. The lowest BCUT2D eigenvalue weighted by molar-refractivity contribution is 0.198. The van der Waals surface area contributed by atoms with Gasteiger partial charge >= 0.3 is 0 Å². The van der Waals surface area contributed by atoms with Crippen LogP contribution in [0.15, 0.2) is 62.9 Å². The lowest BCUT2D eigenvalue weighted by Gasteiger charge is -2.19. The fourth-order valence-corrected chi connectivity index (χ4v) is 4.18. The number of hydrogen-bond donors (Lipinski definition) is 0. The average molecular weight is 521 g/mol. The van der Waals surface area contributed by atoms with Crippen LogP contribution in [0.4, 0.5) is 0 Å². The molecule has 2 aromatic heterocycles. The maximum absolute atomic E-state index is 13.0. The molecule has 0 unspecified atom stereocenters. The number of hydrogen-bond acceptors (Lipinski definition) is 4. The summed E-state index contributed by atoms with van der Waals surface area (Å²) >= 11 is 3.42. The Kier molecular flexibility index (Phi) is 6.49. The van der Waals surface area contributed by atoms with E-state index in [1.807, 2.05) is 31.2 Å². The molecule has 4 aromatic rings. The molecule has 0 saturated carbocycles. The smallest absolute Gasteiger partial charge is 0.282 e. The van der Waals surface area contributed by atoms with Crippen molar-refractivity contribution in [3.8, 4) is 11.4 Å². The number of nitrogens with zero attached hydrogens (tertiary/aromatic N) is 4. The van der Waals surface area contributed by atoms with Crippen LogP contribution in [-0.4, -0.2) is 27.0 Å². The summed E-state index contributed by atoms with van der Waals surface area (Å²) in [6.45, 7) is 13.0. The molecule has 6 nitrogen and oxygen atoms in total. The second kappa shape index (κ2) is 9.22. The zero-order chi connectivity index (χ0) is 24.6. The molecule has 0 atom stereocenters. The van der Waals surface area contributed by atoms with Gasteiger partial charge in [-0.2, -0.15) is 9.78 Å².